The number of hydrogen-bond donors (Lipinski definition) is 1. The predicted octanol–water partition coefficient (Wildman–Crippen LogP) is 4.38. The number of nitrogens with zero attached hydrogens (tertiary/aromatic N) is 1. The van der Waals surface area contributed by atoms with Crippen LogP contribution < -0.4 is 5.73 Å². The van der Waals surface area contributed by atoms with Gasteiger partial charge in [0.2, 0.25) is 0 Å². The number of nitrogens with two attached hydrogens (primary N) is 1. The van der Waals surface area contributed by atoms with Gasteiger partial charge in [-0.15, -0.1) is 11.3 Å². The van der Waals surface area contributed by atoms with E-state index in [2.05, 4.69) is 24.0 Å². The fourth-order valence-electron chi connectivity index (χ4n) is 2.24. The number of aromatic nitrogens is 1. The molecule has 1 aromatic heterocycles. The number of aryl methyl sites for hydroxylation is 1. The zero-order chi connectivity index (χ0) is 14.8. The maximum Gasteiger partial charge on any atom is 0.123 e. The number of hydrogen-bond acceptors (Lipinski definition) is 3. The molecule has 0 saturated carbocycles. The van der Waals surface area contributed by atoms with Crippen LogP contribution in [0.1, 0.15) is 10.6 Å². The second kappa shape index (κ2) is 5.76. The number of thiazole rings is 1. The molecule has 0 aliphatic heterocycles. The van der Waals surface area contributed by atoms with Crippen molar-refractivity contribution in [3.8, 4) is 21.7 Å². The van der Waals surface area contributed by atoms with Gasteiger partial charge in [-0.3, -0.25) is 0 Å². The summed E-state index contributed by atoms with van der Waals surface area (Å²) in [7, 11) is 0. The first-order valence-corrected chi connectivity index (χ1v) is 7.52. The molecule has 0 radical (unpaired) electrons. The lowest BCUT2D eigenvalue weighted by Gasteiger charge is -2.04. The molecule has 3 rings (SSSR count). The van der Waals surface area contributed by atoms with Gasteiger partial charge in [-0.1, -0.05) is 35.9 Å². The van der Waals surface area contributed by atoms with Gasteiger partial charge in [0.25, 0.3) is 0 Å². The summed E-state index contributed by atoms with van der Waals surface area (Å²) in [4.78, 5) is 5.67. The van der Waals surface area contributed by atoms with Gasteiger partial charge < -0.3 is 5.73 Å². The molecular formula is C17H15FN2S. The van der Waals surface area contributed by atoms with Gasteiger partial charge in [-0.05, 0) is 30.7 Å². The van der Waals surface area contributed by atoms with E-state index in [1.807, 2.05) is 12.1 Å². The van der Waals surface area contributed by atoms with Gasteiger partial charge in [-0.2, -0.15) is 0 Å². The molecule has 0 spiro atoms. The first kappa shape index (κ1) is 13.9. The Labute approximate surface area is 127 Å². The molecule has 2 nitrogen and oxygen atoms in total. The van der Waals surface area contributed by atoms with Crippen LogP contribution in [0.25, 0.3) is 21.7 Å². The summed E-state index contributed by atoms with van der Waals surface area (Å²) in [5.41, 5.74) is 9.85. The van der Waals surface area contributed by atoms with Crippen LogP contribution in [-0.2, 0) is 6.54 Å². The zero-order valence-corrected chi connectivity index (χ0v) is 12.5. The Morgan fingerprint density at radius 1 is 1.10 bits per heavy atom. The smallest absolute Gasteiger partial charge is 0.123 e. The Hall–Kier alpha value is -2.04. The molecular weight excluding hydrogens is 283 g/mol. The third kappa shape index (κ3) is 2.86. The molecule has 1 heterocycles. The van der Waals surface area contributed by atoms with Gasteiger partial charge in [0, 0.05) is 12.1 Å². The van der Waals surface area contributed by atoms with E-state index in [0.29, 0.717) is 6.54 Å². The summed E-state index contributed by atoms with van der Waals surface area (Å²) in [6, 6.07) is 14.7. The predicted molar refractivity (Wildman–Crippen MR) is 85.6 cm³/mol. The molecule has 0 aliphatic rings. The van der Waals surface area contributed by atoms with Crippen molar-refractivity contribution in [2.24, 2.45) is 5.73 Å². The number of halogens is 1. The topological polar surface area (TPSA) is 38.9 Å². The lowest BCUT2D eigenvalue weighted by atomic mass is 10.0. The van der Waals surface area contributed by atoms with Crippen LogP contribution in [0.3, 0.4) is 0 Å². The highest BCUT2D eigenvalue weighted by atomic mass is 32.1. The van der Waals surface area contributed by atoms with Gasteiger partial charge in [-0.25, -0.2) is 9.37 Å². The Kier molecular flexibility index (Phi) is 3.82. The van der Waals surface area contributed by atoms with Crippen molar-refractivity contribution in [1.29, 1.82) is 0 Å². The van der Waals surface area contributed by atoms with Crippen molar-refractivity contribution < 1.29 is 4.39 Å². The Bertz CT molecular complexity index is 763. The average Bonchev–Trinajstić information content (AvgIpc) is 2.92. The fourth-order valence-corrected chi connectivity index (χ4v) is 3.21. The summed E-state index contributed by atoms with van der Waals surface area (Å²) in [6.07, 6.45) is 0. The summed E-state index contributed by atoms with van der Waals surface area (Å²) in [6.45, 7) is 2.46. The van der Waals surface area contributed by atoms with Crippen LogP contribution in [0, 0.1) is 12.7 Å². The second-order valence-corrected chi connectivity index (χ2v) is 5.95. The van der Waals surface area contributed by atoms with Gasteiger partial charge in [0.1, 0.15) is 10.8 Å². The maximum atomic E-state index is 13.1. The lowest BCUT2D eigenvalue weighted by molar-refractivity contribution is 0.628. The molecule has 2 N–H and O–H groups in total. The fraction of sp³-hybridized carbons (Fsp3) is 0.118. The van der Waals surface area contributed by atoms with Crippen molar-refractivity contribution >= 4 is 11.3 Å². The maximum absolute atomic E-state index is 13.1. The van der Waals surface area contributed by atoms with Crippen LogP contribution in [0.2, 0.25) is 0 Å². The summed E-state index contributed by atoms with van der Waals surface area (Å²) in [5, 5.41) is 0.880. The molecule has 106 valence electrons. The minimum absolute atomic E-state index is 0.237. The lowest BCUT2D eigenvalue weighted by Crippen LogP contribution is -1.94. The highest BCUT2D eigenvalue weighted by molar-refractivity contribution is 7.15. The third-order valence-electron chi connectivity index (χ3n) is 3.24. The van der Waals surface area contributed by atoms with Gasteiger partial charge in [0.15, 0.2) is 0 Å². The highest BCUT2D eigenvalue weighted by Crippen LogP contribution is 2.37. The SMILES string of the molecule is Cc1cccc(-c2nc(CN)sc2-c2ccc(F)cc2)c1. The minimum Gasteiger partial charge on any atom is -0.325 e. The molecule has 0 amide bonds. The number of rotatable bonds is 3. The Balaban J connectivity index is 2.16. The largest absolute Gasteiger partial charge is 0.325 e. The molecule has 3 aromatic rings. The Morgan fingerprint density at radius 2 is 1.86 bits per heavy atom. The quantitative estimate of drug-likeness (QED) is 0.779. The molecule has 21 heavy (non-hydrogen) atoms. The van der Waals surface area contributed by atoms with E-state index in [9.17, 15) is 4.39 Å². The van der Waals surface area contributed by atoms with Crippen LogP contribution in [0.5, 0.6) is 0 Å². The normalized spacial score (nSPS) is 10.8. The van der Waals surface area contributed by atoms with Crippen LogP contribution in [-0.4, -0.2) is 4.98 Å². The van der Waals surface area contributed by atoms with Crippen molar-refractivity contribution in [2.45, 2.75) is 13.5 Å². The van der Waals surface area contributed by atoms with Crippen molar-refractivity contribution in [3.05, 3.63) is 64.9 Å². The molecule has 0 atom stereocenters. The minimum atomic E-state index is -0.237. The van der Waals surface area contributed by atoms with Crippen molar-refractivity contribution in [2.75, 3.05) is 0 Å². The Morgan fingerprint density at radius 3 is 2.52 bits per heavy atom. The second-order valence-electron chi connectivity index (χ2n) is 4.87. The van der Waals surface area contributed by atoms with Crippen LogP contribution in [0.4, 0.5) is 4.39 Å². The standard InChI is InChI=1S/C17H15FN2S/c1-11-3-2-4-13(9-11)16-17(21-15(10-19)20-16)12-5-7-14(18)8-6-12/h2-9H,10,19H2,1H3. The molecule has 0 fully saturated rings. The average molecular weight is 298 g/mol. The molecule has 0 aliphatic carbocycles. The van der Waals surface area contributed by atoms with Crippen LogP contribution in [0.15, 0.2) is 48.5 Å². The molecule has 4 heteroatoms. The molecule has 2 aromatic carbocycles. The van der Waals surface area contributed by atoms with Crippen molar-refractivity contribution in [1.82, 2.24) is 4.98 Å². The first-order valence-electron chi connectivity index (χ1n) is 6.70. The van der Waals surface area contributed by atoms with E-state index >= 15 is 0 Å². The summed E-state index contributed by atoms with van der Waals surface area (Å²) >= 11 is 1.56. The van der Waals surface area contributed by atoms with E-state index in [-0.39, 0.29) is 5.82 Å². The highest BCUT2D eigenvalue weighted by Gasteiger charge is 2.14. The molecule has 0 bridgehead atoms. The van der Waals surface area contributed by atoms with E-state index in [4.69, 9.17) is 5.73 Å². The summed E-state index contributed by atoms with van der Waals surface area (Å²) < 4.78 is 13.1. The van der Waals surface area contributed by atoms with E-state index < -0.39 is 0 Å². The third-order valence-corrected chi connectivity index (χ3v) is 4.37. The summed E-state index contributed by atoms with van der Waals surface area (Å²) in [5.74, 6) is -0.237. The number of benzene rings is 2. The van der Waals surface area contributed by atoms with Crippen LogP contribution >= 0.6 is 11.3 Å². The molecule has 0 unspecified atom stereocenters. The van der Waals surface area contributed by atoms with Crippen molar-refractivity contribution in [3.63, 3.8) is 0 Å². The van der Waals surface area contributed by atoms with E-state index in [0.717, 1.165) is 26.7 Å². The van der Waals surface area contributed by atoms with E-state index in [1.165, 1.54) is 17.7 Å². The first-order chi connectivity index (χ1) is 10.2. The zero-order valence-electron chi connectivity index (χ0n) is 11.6. The molecule has 0 saturated heterocycles. The van der Waals surface area contributed by atoms with Gasteiger partial charge in [0.05, 0.1) is 10.6 Å². The monoisotopic (exact) mass is 298 g/mol. The van der Waals surface area contributed by atoms with E-state index in [1.54, 1.807) is 23.5 Å². The van der Waals surface area contributed by atoms with Gasteiger partial charge >= 0.3 is 0 Å².